The monoisotopic (exact) mass is 395 g/mol. The predicted molar refractivity (Wildman–Crippen MR) is 81.8 cm³/mol. The molecule has 148 valence electrons. The molecule has 0 bridgehead atoms. The van der Waals surface area contributed by atoms with E-state index in [1.54, 1.807) is 0 Å². The molecule has 0 N–H and O–H groups in total. The molecule has 11 heteroatoms. The van der Waals surface area contributed by atoms with Crippen LogP contribution in [0, 0.1) is 0 Å². The molecule has 2 aromatic rings. The molecule has 1 heterocycles. The van der Waals surface area contributed by atoms with Crippen molar-refractivity contribution in [2.45, 2.75) is 18.9 Å². The van der Waals surface area contributed by atoms with Gasteiger partial charge in [0.1, 0.15) is 6.33 Å². The maximum absolute atomic E-state index is 13.0. The van der Waals surface area contributed by atoms with Crippen molar-refractivity contribution in [3.63, 3.8) is 0 Å². The molecular formula is C16H15F6N3O2. The number of nitrogens with zero attached hydrogens (tertiary/aromatic N) is 3. The fraction of sp³-hybridized carbons (Fsp3) is 0.375. The summed E-state index contributed by atoms with van der Waals surface area (Å²) in [6.45, 7) is -0.454. The number of benzene rings is 1. The van der Waals surface area contributed by atoms with E-state index in [0.29, 0.717) is 12.1 Å². The summed E-state index contributed by atoms with van der Waals surface area (Å²) in [5, 5.41) is 0. The molecule has 0 radical (unpaired) electrons. The Morgan fingerprint density at radius 3 is 2.15 bits per heavy atom. The number of hydrogen-bond donors (Lipinski definition) is 0. The van der Waals surface area contributed by atoms with E-state index in [1.807, 2.05) is 0 Å². The van der Waals surface area contributed by atoms with Crippen molar-refractivity contribution >= 4 is 6.03 Å². The summed E-state index contributed by atoms with van der Waals surface area (Å²) in [6, 6.07) is 0.572. The third-order valence-electron chi connectivity index (χ3n) is 3.58. The Balaban J connectivity index is 2.39. The normalized spacial score (nSPS) is 12.3. The molecule has 1 aromatic heterocycles. The van der Waals surface area contributed by atoms with Gasteiger partial charge in [-0.05, 0) is 23.8 Å². The van der Waals surface area contributed by atoms with Crippen LogP contribution in [-0.4, -0.2) is 40.7 Å². The molecular weight excluding hydrogens is 380 g/mol. The number of alkyl halides is 6. The van der Waals surface area contributed by atoms with Gasteiger partial charge in [0, 0.05) is 32.6 Å². The van der Waals surface area contributed by atoms with Gasteiger partial charge in [-0.2, -0.15) is 26.3 Å². The third-order valence-corrected chi connectivity index (χ3v) is 3.58. The number of carbonyl (C=O) groups is 1. The topological polar surface area (TPSA) is 47.4 Å². The van der Waals surface area contributed by atoms with Crippen LogP contribution in [0.4, 0.5) is 31.1 Å². The number of carbonyl (C=O) groups excluding carboxylic acids is 1. The second kappa shape index (κ2) is 7.99. The zero-order valence-corrected chi connectivity index (χ0v) is 14.0. The molecule has 2 rings (SSSR count). The summed E-state index contributed by atoms with van der Waals surface area (Å²) in [5.41, 5.74) is -3.18. The Morgan fingerprint density at radius 2 is 1.70 bits per heavy atom. The van der Waals surface area contributed by atoms with Crippen LogP contribution >= 0.6 is 0 Å². The first-order valence-corrected chi connectivity index (χ1v) is 7.57. The van der Waals surface area contributed by atoms with Gasteiger partial charge in [-0.3, -0.25) is 4.57 Å². The summed E-state index contributed by atoms with van der Waals surface area (Å²) in [6.07, 6.45) is -6.10. The zero-order chi connectivity index (χ0) is 20.2. The van der Waals surface area contributed by atoms with Gasteiger partial charge in [0.05, 0.1) is 17.7 Å². The molecule has 27 heavy (non-hydrogen) atoms. The van der Waals surface area contributed by atoms with Crippen molar-refractivity contribution < 1.29 is 35.9 Å². The number of imidazole rings is 1. The quantitative estimate of drug-likeness (QED) is 0.718. The van der Waals surface area contributed by atoms with Crippen molar-refractivity contribution in [3.05, 3.63) is 53.6 Å². The number of ether oxygens (including phenoxy) is 1. The van der Waals surface area contributed by atoms with E-state index < -0.39 is 36.1 Å². The minimum absolute atomic E-state index is 0.0366. The van der Waals surface area contributed by atoms with Gasteiger partial charge in [-0.1, -0.05) is 0 Å². The van der Waals surface area contributed by atoms with Gasteiger partial charge < -0.3 is 9.64 Å². The van der Waals surface area contributed by atoms with E-state index in [1.165, 1.54) is 25.8 Å². The Kier molecular flexibility index (Phi) is 6.14. The molecule has 0 spiro atoms. The first-order chi connectivity index (χ1) is 12.5. The van der Waals surface area contributed by atoms with Crippen molar-refractivity contribution in [1.29, 1.82) is 0 Å². The molecule has 0 fully saturated rings. The lowest BCUT2D eigenvalue weighted by Gasteiger charge is -2.23. The lowest BCUT2D eigenvalue weighted by molar-refractivity contribution is -0.143. The van der Waals surface area contributed by atoms with Gasteiger partial charge in [0.2, 0.25) is 0 Å². The van der Waals surface area contributed by atoms with Crippen molar-refractivity contribution in [3.8, 4) is 0 Å². The smallest absolute Gasteiger partial charge is 0.383 e. The van der Waals surface area contributed by atoms with Gasteiger partial charge >= 0.3 is 18.4 Å². The summed E-state index contributed by atoms with van der Waals surface area (Å²) in [4.78, 5) is 17.2. The molecule has 1 aromatic carbocycles. The largest absolute Gasteiger partial charge is 0.416 e. The van der Waals surface area contributed by atoms with E-state index in [9.17, 15) is 31.1 Å². The Morgan fingerprint density at radius 1 is 1.11 bits per heavy atom. The number of methoxy groups -OCH3 is 1. The molecule has 0 aliphatic rings. The third kappa shape index (κ3) is 5.46. The highest BCUT2D eigenvalue weighted by atomic mass is 19.4. The van der Waals surface area contributed by atoms with E-state index in [2.05, 4.69) is 4.98 Å². The second-order valence-electron chi connectivity index (χ2n) is 5.58. The van der Waals surface area contributed by atoms with Crippen LogP contribution < -0.4 is 0 Å². The summed E-state index contributed by atoms with van der Waals surface area (Å²) >= 11 is 0. The first kappa shape index (κ1) is 20.7. The number of hydrogen-bond acceptors (Lipinski definition) is 3. The average Bonchev–Trinajstić information content (AvgIpc) is 3.10. The van der Waals surface area contributed by atoms with E-state index >= 15 is 0 Å². The highest BCUT2D eigenvalue weighted by Crippen LogP contribution is 2.36. The minimum Gasteiger partial charge on any atom is -0.383 e. The van der Waals surface area contributed by atoms with Crippen LogP contribution in [0.2, 0.25) is 0 Å². The molecule has 0 atom stereocenters. The lowest BCUT2D eigenvalue weighted by atomic mass is 10.0. The lowest BCUT2D eigenvalue weighted by Crippen LogP contribution is -2.36. The van der Waals surface area contributed by atoms with Gasteiger partial charge in [-0.15, -0.1) is 0 Å². The van der Waals surface area contributed by atoms with Crippen LogP contribution in [0.5, 0.6) is 0 Å². The SMILES string of the molecule is COCCN(Cc1cc(C(F)(F)F)cc(C(F)(F)F)c1)C(=O)n1ccnc1. The molecule has 0 saturated carbocycles. The maximum atomic E-state index is 13.0. The number of aromatic nitrogens is 2. The molecule has 0 aliphatic carbocycles. The Hall–Kier alpha value is -2.56. The summed E-state index contributed by atoms with van der Waals surface area (Å²) in [5.74, 6) is 0. The van der Waals surface area contributed by atoms with Crippen molar-refractivity contribution in [2.24, 2.45) is 0 Å². The van der Waals surface area contributed by atoms with Crippen molar-refractivity contribution in [2.75, 3.05) is 20.3 Å². The Labute approximate surface area is 150 Å². The molecule has 5 nitrogen and oxygen atoms in total. The van der Waals surface area contributed by atoms with Crippen molar-refractivity contribution in [1.82, 2.24) is 14.5 Å². The number of halogens is 6. The molecule has 1 amide bonds. The maximum Gasteiger partial charge on any atom is 0.416 e. The molecule has 0 saturated heterocycles. The second-order valence-corrected chi connectivity index (χ2v) is 5.58. The zero-order valence-electron chi connectivity index (χ0n) is 14.0. The first-order valence-electron chi connectivity index (χ1n) is 7.57. The van der Waals surface area contributed by atoms with Crippen LogP contribution in [0.15, 0.2) is 36.9 Å². The molecule has 0 aliphatic heterocycles. The number of amides is 1. The number of rotatable bonds is 5. The van der Waals surface area contributed by atoms with Gasteiger partial charge in [0.25, 0.3) is 0 Å². The van der Waals surface area contributed by atoms with E-state index in [4.69, 9.17) is 4.74 Å². The van der Waals surface area contributed by atoms with Gasteiger partial charge in [0.15, 0.2) is 0 Å². The van der Waals surface area contributed by atoms with Crippen LogP contribution in [-0.2, 0) is 23.6 Å². The summed E-state index contributed by atoms with van der Waals surface area (Å²) in [7, 11) is 1.35. The van der Waals surface area contributed by atoms with Crippen LogP contribution in [0.25, 0.3) is 0 Å². The molecule has 0 unspecified atom stereocenters. The van der Waals surface area contributed by atoms with Gasteiger partial charge in [-0.25, -0.2) is 9.78 Å². The van der Waals surface area contributed by atoms with E-state index in [0.717, 1.165) is 9.47 Å². The highest BCUT2D eigenvalue weighted by Gasteiger charge is 2.37. The summed E-state index contributed by atoms with van der Waals surface area (Å²) < 4.78 is 83.8. The standard InChI is InChI=1S/C16H15F6N3O2/c1-27-5-4-24(14(26)25-3-2-23-10-25)9-11-6-12(15(17,18)19)8-13(7-11)16(20,21)22/h2-3,6-8,10H,4-5,9H2,1H3. The fourth-order valence-electron chi connectivity index (χ4n) is 2.31. The van der Waals surface area contributed by atoms with Crippen LogP contribution in [0.1, 0.15) is 16.7 Å². The fourth-order valence-corrected chi connectivity index (χ4v) is 2.31. The van der Waals surface area contributed by atoms with E-state index in [-0.39, 0.29) is 24.8 Å². The predicted octanol–water partition coefficient (Wildman–Crippen LogP) is 4.04. The average molecular weight is 395 g/mol. The highest BCUT2D eigenvalue weighted by molar-refractivity contribution is 5.76. The Bertz CT molecular complexity index is 739. The minimum atomic E-state index is -4.96. The van der Waals surface area contributed by atoms with Crippen LogP contribution in [0.3, 0.4) is 0 Å².